The molecular weight excluding hydrogens is 289 g/mol. The summed E-state index contributed by atoms with van der Waals surface area (Å²) >= 11 is 3.41. The fourth-order valence-corrected chi connectivity index (χ4v) is 1.69. The van der Waals surface area contributed by atoms with Gasteiger partial charge in [0.15, 0.2) is 0 Å². The zero-order valence-electron chi connectivity index (χ0n) is 9.54. The van der Waals surface area contributed by atoms with Gasteiger partial charge in [-0.25, -0.2) is 4.39 Å². The summed E-state index contributed by atoms with van der Waals surface area (Å²) in [7, 11) is 0. The molecule has 0 bridgehead atoms. The van der Waals surface area contributed by atoms with Crippen LogP contribution in [0.25, 0.3) is 0 Å². The van der Waals surface area contributed by atoms with Gasteiger partial charge in [-0.1, -0.05) is 22.9 Å². The van der Waals surface area contributed by atoms with Crippen molar-refractivity contribution in [1.82, 2.24) is 5.32 Å². The molecule has 0 aliphatic rings. The zero-order valence-corrected chi connectivity index (χ0v) is 11.1. The third-order valence-electron chi connectivity index (χ3n) is 2.26. The van der Waals surface area contributed by atoms with Gasteiger partial charge in [0.05, 0.1) is 5.56 Å². The zero-order chi connectivity index (χ0) is 12.8. The van der Waals surface area contributed by atoms with Crippen LogP contribution in [-0.2, 0) is 0 Å². The predicted octanol–water partition coefficient (Wildman–Crippen LogP) is 2.82. The second-order valence-corrected chi connectivity index (χ2v) is 5.41. The molecule has 1 atom stereocenters. The van der Waals surface area contributed by atoms with Gasteiger partial charge in [0.2, 0.25) is 0 Å². The smallest absolute Gasteiger partial charge is 0.254 e. The summed E-state index contributed by atoms with van der Waals surface area (Å²) in [4.78, 5) is 12.0. The summed E-state index contributed by atoms with van der Waals surface area (Å²) in [5.41, 5.74) is -0.0466. The van der Waals surface area contributed by atoms with E-state index in [4.69, 9.17) is 5.11 Å². The van der Waals surface area contributed by atoms with Gasteiger partial charge in [-0.3, -0.25) is 4.79 Å². The van der Waals surface area contributed by atoms with E-state index in [-0.39, 0.29) is 11.3 Å². The Hall–Kier alpha value is -1.10. The van der Waals surface area contributed by atoms with Crippen molar-refractivity contribution in [1.29, 1.82) is 0 Å². The lowest BCUT2D eigenvalue weighted by molar-refractivity contribution is 0.0949. The van der Waals surface area contributed by atoms with Gasteiger partial charge in [-0.05, 0) is 25.0 Å². The molecule has 1 rings (SSSR count). The molecule has 1 unspecified atom stereocenters. The van der Waals surface area contributed by atoms with Crippen molar-refractivity contribution in [3.05, 3.63) is 29.6 Å². The lowest BCUT2D eigenvalue weighted by Gasteiger charge is -2.07. The fraction of sp³-hybridized carbons (Fsp3) is 0.417. The van der Waals surface area contributed by atoms with Gasteiger partial charge in [0.25, 0.3) is 5.91 Å². The van der Waals surface area contributed by atoms with Crippen molar-refractivity contribution >= 4 is 21.8 Å². The van der Waals surface area contributed by atoms with Crippen LogP contribution in [0.4, 0.5) is 4.39 Å². The van der Waals surface area contributed by atoms with E-state index in [9.17, 15) is 9.18 Å². The standard InChI is InChI=1S/C12H15BrFNO2/c1-8(13)3-2-6-15-12(17)10-5-4-9(16)7-11(10)14/h4-5,7-8,16H,2-3,6H2,1H3,(H,15,17). The van der Waals surface area contributed by atoms with Crippen LogP contribution < -0.4 is 5.32 Å². The Labute approximate surface area is 108 Å². The summed E-state index contributed by atoms with van der Waals surface area (Å²) in [6.07, 6.45) is 1.77. The number of amides is 1. The maximum absolute atomic E-state index is 13.3. The largest absolute Gasteiger partial charge is 0.508 e. The first-order chi connectivity index (χ1) is 8.00. The second-order valence-electron chi connectivity index (χ2n) is 3.84. The lowest BCUT2D eigenvalue weighted by atomic mass is 10.2. The number of phenolic OH excluding ortho intramolecular Hbond substituents is 1. The summed E-state index contributed by atoms with van der Waals surface area (Å²) in [5.74, 6) is -1.35. The van der Waals surface area contributed by atoms with Crippen LogP contribution in [0.3, 0.4) is 0 Å². The summed E-state index contributed by atoms with van der Waals surface area (Å²) < 4.78 is 13.3. The van der Waals surface area contributed by atoms with Crippen LogP contribution in [0.2, 0.25) is 0 Å². The van der Waals surface area contributed by atoms with E-state index in [0.29, 0.717) is 11.4 Å². The summed E-state index contributed by atoms with van der Waals surface area (Å²) in [6, 6.07) is 3.49. The van der Waals surface area contributed by atoms with E-state index in [0.717, 1.165) is 18.9 Å². The van der Waals surface area contributed by atoms with Gasteiger partial charge in [0.1, 0.15) is 11.6 Å². The van der Waals surface area contributed by atoms with E-state index < -0.39 is 11.7 Å². The first kappa shape index (κ1) is 14.0. The molecule has 94 valence electrons. The molecule has 0 radical (unpaired) electrons. The SMILES string of the molecule is CC(Br)CCCNC(=O)c1ccc(O)cc1F. The average molecular weight is 304 g/mol. The van der Waals surface area contributed by atoms with E-state index in [1.54, 1.807) is 0 Å². The maximum atomic E-state index is 13.3. The quantitative estimate of drug-likeness (QED) is 0.649. The fourth-order valence-electron chi connectivity index (χ4n) is 1.37. The molecule has 5 heteroatoms. The van der Waals surface area contributed by atoms with Crippen LogP contribution in [0.15, 0.2) is 18.2 Å². The molecule has 0 heterocycles. The molecular formula is C12H15BrFNO2. The number of alkyl halides is 1. The molecule has 0 aliphatic carbocycles. The van der Waals surface area contributed by atoms with Crippen molar-refractivity contribution in [2.24, 2.45) is 0 Å². The van der Waals surface area contributed by atoms with E-state index in [1.165, 1.54) is 12.1 Å². The predicted molar refractivity (Wildman–Crippen MR) is 68.0 cm³/mol. The number of rotatable bonds is 5. The maximum Gasteiger partial charge on any atom is 0.254 e. The topological polar surface area (TPSA) is 49.3 Å². The summed E-state index contributed by atoms with van der Waals surface area (Å²) in [6.45, 7) is 2.54. The molecule has 1 amide bonds. The lowest BCUT2D eigenvalue weighted by Crippen LogP contribution is -2.25. The van der Waals surface area contributed by atoms with Crippen molar-refractivity contribution in [3.8, 4) is 5.75 Å². The van der Waals surface area contributed by atoms with Gasteiger partial charge >= 0.3 is 0 Å². The number of hydrogen-bond acceptors (Lipinski definition) is 2. The minimum Gasteiger partial charge on any atom is -0.508 e. The van der Waals surface area contributed by atoms with Crippen LogP contribution in [0.5, 0.6) is 5.75 Å². The Balaban J connectivity index is 2.47. The van der Waals surface area contributed by atoms with Crippen LogP contribution in [-0.4, -0.2) is 22.4 Å². The highest BCUT2D eigenvalue weighted by Gasteiger charge is 2.11. The average Bonchev–Trinajstić information content (AvgIpc) is 2.23. The number of nitrogens with one attached hydrogen (secondary N) is 1. The Bertz CT molecular complexity index is 396. The molecule has 17 heavy (non-hydrogen) atoms. The van der Waals surface area contributed by atoms with Gasteiger partial charge in [0, 0.05) is 17.4 Å². The Kier molecular flexibility index (Phi) is 5.41. The molecule has 0 fully saturated rings. The van der Waals surface area contributed by atoms with E-state index in [2.05, 4.69) is 21.2 Å². The van der Waals surface area contributed by atoms with Crippen molar-refractivity contribution in [3.63, 3.8) is 0 Å². The Morgan fingerprint density at radius 2 is 2.29 bits per heavy atom. The monoisotopic (exact) mass is 303 g/mol. The first-order valence-electron chi connectivity index (χ1n) is 5.41. The molecule has 0 spiro atoms. The molecule has 3 nitrogen and oxygen atoms in total. The van der Waals surface area contributed by atoms with Crippen molar-refractivity contribution < 1.29 is 14.3 Å². The molecule has 0 saturated heterocycles. The Morgan fingerprint density at radius 3 is 2.88 bits per heavy atom. The van der Waals surface area contributed by atoms with Gasteiger partial charge in [-0.15, -0.1) is 0 Å². The van der Waals surface area contributed by atoms with Crippen molar-refractivity contribution in [2.45, 2.75) is 24.6 Å². The molecule has 1 aromatic carbocycles. The number of phenols is 1. The van der Waals surface area contributed by atoms with E-state index in [1.807, 2.05) is 6.92 Å². The van der Waals surface area contributed by atoms with Crippen molar-refractivity contribution in [2.75, 3.05) is 6.54 Å². The van der Waals surface area contributed by atoms with Gasteiger partial charge in [-0.2, -0.15) is 0 Å². The molecule has 0 saturated carbocycles. The molecule has 0 aromatic heterocycles. The van der Waals surface area contributed by atoms with Gasteiger partial charge < -0.3 is 10.4 Å². The molecule has 2 N–H and O–H groups in total. The minimum absolute atomic E-state index is 0.0466. The van der Waals surface area contributed by atoms with Crippen LogP contribution in [0.1, 0.15) is 30.1 Å². The first-order valence-corrected chi connectivity index (χ1v) is 6.33. The highest BCUT2D eigenvalue weighted by atomic mass is 79.9. The van der Waals surface area contributed by atoms with Crippen LogP contribution >= 0.6 is 15.9 Å². The normalized spacial score (nSPS) is 12.2. The number of hydrogen-bond donors (Lipinski definition) is 2. The number of aromatic hydroxyl groups is 1. The number of carbonyl (C=O) groups excluding carboxylic acids is 1. The number of benzene rings is 1. The number of carbonyl (C=O) groups is 1. The third-order valence-corrected chi connectivity index (χ3v) is 2.72. The second kappa shape index (κ2) is 6.59. The van der Waals surface area contributed by atoms with E-state index >= 15 is 0 Å². The number of halogens is 2. The third kappa shape index (κ3) is 4.73. The minimum atomic E-state index is -0.712. The highest BCUT2D eigenvalue weighted by molar-refractivity contribution is 9.09. The Morgan fingerprint density at radius 1 is 1.59 bits per heavy atom. The van der Waals surface area contributed by atoms with Crippen LogP contribution in [0, 0.1) is 5.82 Å². The molecule has 0 aliphatic heterocycles. The summed E-state index contributed by atoms with van der Waals surface area (Å²) in [5, 5.41) is 11.7. The highest BCUT2D eigenvalue weighted by Crippen LogP contribution is 2.14. The molecule has 1 aromatic rings.